The van der Waals surface area contributed by atoms with Crippen LogP contribution >= 0.6 is 0 Å². The molecule has 0 fully saturated rings. The van der Waals surface area contributed by atoms with E-state index in [1.807, 2.05) is 6.07 Å². The molecule has 0 aliphatic heterocycles. The Morgan fingerprint density at radius 1 is 0.615 bits per heavy atom. The zero-order chi connectivity index (χ0) is 18.7. The summed E-state index contributed by atoms with van der Waals surface area (Å²) in [5.41, 5.74) is 1.34. The predicted octanol–water partition coefficient (Wildman–Crippen LogP) is 6.79. The van der Waals surface area contributed by atoms with Gasteiger partial charge in [0.1, 0.15) is 0 Å². The summed E-state index contributed by atoms with van der Waals surface area (Å²) < 4.78 is 12.2. The van der Waals surface area contributed by atoms with E-state index in [0.29, 0.717) is 0 Å². The van der Waals surface area contributed by atoms with Gasteiger partial charge in [-0.1, -0.05) is 26.2 Å². The Morgan fingerprint density at radius 3 is 1.58 bits per heavy atom. The summed E-state index contributed by atoms with van der Waals surface area (Å²) in [5.74, 6) is 0. The van der Waals surface area contributed by atoms with E-state index in [-0.39, 0.29) is 0 Å². The predicted molar refractivity (Wildman–Crippen MR) is 117 cm³/mol. The Kier molecular flexibility index (Phi) is 16.6. The molecule has 0 bridgehead atoms. The van der Waals surface area contributed by atoms with E-state index in [1.165, 1.54) is 95.5 Å². The molecule has 26 heavy (non-hydrogen) atoms. The van der Waals surface area contributed by atoms with Crippen molar-refractivity contribution in [3.8, 4) is 0 Å². The maximum atomic E-state index is 12.2. The molecule has 1 unspecified atom stereocenters. The summed E-state index contributed by atoms with van der Waals surface area (Å²) in [4.78, 5) is 0. The van der Waals surface area contributed by atoms with Crippen LogP contribution in [0.4, 0.5) is 0 Å². The fraction of sp³-hybridized carbons (Fsp3) is 0.750. The average molecular weight is 423 g/mol. The molecule has 0 saturated heterocycles. The fourth-order valence-corrected chi connectivity index (χ4v) is 6.64. The van der Waals surface area contributed by atoms with Crippen molar-refractivity contribution in [2.45, 2.75) is 114 Å². The van der Waals surface area contributed by atoms with Gasteiger partial charge in [0.05, 0.1) is 0 Å². The van der Waals surface area contributed by atoms with Crippen molar-refractivity contribution in [3.05, 3.63) is 35.9 Å². The van der Waals surface area contributed by atoms with Crippen LogP contribution in [-0.4, -0.2) is 15.0 Å². The van der Waals surface area contributed by atoms with E-state index in [4.69, 9.17) is 0 Å². The SMILES string of the molecule is CCCCCCCCCCCCCCCC[AsH+]([O-])CCc1ccccc1. The van der Waals surface area contributed by atoms with Gasteiger partial charge in [0, 0.05) is 0 Å². The van der Waals surface area contributed by atoms with Crippen molar-refractivity contribution in [1.29, 1.82) is 0 Å². The van der Waals surface area contributed by atoms with Crippen LogP contribution in [-0.2, 0) is 6.42 Å². The van der Waals surface area contributed by atoms with Crippen LogP contribution in [0.25, 0.3) is 0 Å². The van der Waals surface area contributed by atoms with E-state index in [1.54, 1.807) is 0 Å². The van der Waals surface area contributed by atoms with Crippen LogP contribution in [0.15, 0.2) is 30.3 Å². The summed E-state index contributed by atoms with van der Waals surface area (Å²) in [6, 6.07) is 10.5. The molecule has 0 spiro atoms. The number of rotatable bonds is 18. The first-order valence-electron chi connectivity index (χ1n) is 11.4. The molecule has 2 heteroatoms. The molecule has 0 radical (unpaired) electrons. The maximum absolute atomic E-state index is 12.2. The van der Waals surface area contributed by atoms with Gasteiger partial charge in [0.25, 0.3) is 0 Å². The first kappa shape index (κ1) is 23.8. The van der Waals surface area contributed by atoms with Crippen LogP contribution in [0, 0.1) is 0 Å². The van der Waals surface area contributed by atoms with E-state index in [9.17, 15) is 4.10 Å². The second-order valence-electron chi connectivity index (χ2n) is 7.87. The van der Waals surface area contributed by atoms with Gasteiger partial charge in [-0.05, 0) is 0 Å². The quantitative estimate of drug-likeness (QED) is 0.189. The zero-order valence-corrected chi connectivity index (χ0v) is 19.4. The third kappa shape index (κ3) is 14.9. The van der Waals surface area contributed by atoms with Gasteiger partial charge >= 0.3 is 142 Å². The Hall–Kier alpha value is -0.262. The third-order valence-corrected chi connectivity index (χ3v) is 8.95. The molecule has 0 saturated carbocycles. The van der Waals surface area contributed by atoms with Crippen LogP contribution < -0.4 is 4.10 Å². The van der Waals surface area contributed by atoms with Gasteiger partial charge < -0.3 is 0 Å². The summed E-state index contributed by atoms with van der Waals surface area (Å²) in [6.45, 7) is 2.29. The molecule has 1 aromatic rings. The Labute approximate surface area is 168 Å². The van der Waals surface area contributed by atoms with Crippen molar-refractivity contribution in [1.82, 2.24) is 0 Å². The number of hydrogen-bond acceptors (Lipinski definition) is 1. The van der Waals surface area contributed by atoms with Crippen LogP contribution in [0.3, 0.4) is 0 Å². The van der Waals surface area contributed by atoms with Crippen molar-refractivity contribution in [2.75, 3.05) is 0 Å². The van der Waals surface area contributed by atoms with E-state index >= 15 is 0 Å². The Balaban J connectivity index is 1.77. The van der Waals surface area contributed by atoms with Crippen molar-refractivity contribution >= 4 is 15.0 Å². The van der Waals surface area contributed by atoms with E-state index in [2.05, 4.69) is 31.2 Å². The molecule has 1 atom stereocenters. The van der Waals surface area contributed by atoms with E-state index in [0.717, 1.165) is 16.8 Å². The molecule has 150 valence electrons. The Bertz CT molecular complexity index is 392. The molecule has 1 nitrogen and oxygen atoms in total. The fourth-order valence-electron chi connectivity index (χ4n) is 3.57. The topological polar surface area (TPSA) is 23.1 Å². The first-order valence-corrected chi connectivity index (χ1v) is 15.2. The standard InChI is InChI=1S/C24H43AsO/c1-2-3-4-5-6-7-8-9-10-11-12-13-14-18-22-25(26)23-21-24-19-16-15-17-20-24/h15-17,19-20,25H,2-14,18,21-23H2,1H3. The van der Waals surface area contributed by atoms with Gasteiger partial charge in [-0.2, -0.15) is 0 Å². The van der Waals surface area contributed by atoms with Crippen molar-refractivity contribution in [3.63, 3.8) is 0 Å². The molecule has 1 rings (SSSR count). The van der Waals surface area contributed by atoms with Gasteiger partial charge in [0.2, 0.25) is 0 Å². The molecule has 0 N–H and O–H groups in total. The summed E-state index contributed by atoms with van der Waals surface area (Å²) >= 11 is -1.98. The minimum absolute atomic E-state index is 0.961. The minimum atomic E-state index is -1.98. The molecule has 0 aliphatic rings. The molecular weight excluding hydrogens is 379 g/mol. The molecular formula is C24H43AsO. The summed E-state index contributed by atoms with van der Waals surface area (Å²) in [7, 11) is 0. The molecule has 0 aromatic heterocycles. The summed E-state index contributed by atoms with van der Waals surface area (Å²) in [6.07, 6.45) is 20.5. The van der Waals surface area contributed by atoms with Crippen LogP contribution in [0.2, 0.25) is 10.4 Å². The zero-order valence-electron chi connectivity index (χ0n) is 17.3. The Morgan fingerprint density at radius 2 is 1.08 bits per heavy atom. The first-order chi connectivity index (χ1) is 12.8. The van der Waals surface area contributed by atoms with Crippen LogP contribution in [0.5, 0.6) is 0 Å². The van der Waals surface area contributed by atoms with Gasteiger partial charge in [-0.15, -0.1) is 0 Å². The van der Waals surface area contributed by atoms with Crippen molar-refractivity contribution in [2.24, 2.45) is 0 Å². The third-order valence-electron chi connectivity index (χ3n) is 5.34. The summed E-state index contributed by atoms with van der Waals surface area (Å²) in [5, 5.41) is 1.99. The second-order valence-corrected chi connectivity index (χ2v) is 12.2. The number of hydrogen-bond donors (Lipinski definition) is 0. The molecule has 0 amide bonds. The second kappa shape index (κ2) is 18.1. The number of benzene rings is 1. The number of unbranched alkanes of at least 4 members (excludes halogenated alkanes) is 13. The number of aryl methyl sites for hydroxylation is 1. The van der Waals surface area contributed by atoms with Crippen LogP contribution in [0.1, 0.15) is 102 Å². The van der Waals surface area contributed by atoms with Gasteiger partial charge in [0.15, 0.2) is 0 Å². The van der Waals surface area contributed by atoms with E-state index < -0.39 is 15.0 Å². The molecule has 0 aliphatic carbocycles. The van der Waals surface area contributed by atoms with Crippen molar-refractivity contribution < 1.29 is 4.10 Å². The van der Waals surface area contributed by atoms with Gasteiger partial charge in [-0.25, -0.2) is 0 Å². The monoisotopic (exact) mass is 422 g/mol. The normalized spacial score (nSPS) is 12.4. The molecule has 1 aromatic carbocycles. The van der Waals surface area contributed by atoms with Gasteiger partial charge in [-0.3, -0.25) is 0 Å². The average Bonchev–Trinajstić information content (AvgIpc) is 2.67. The molecule has 0 heterocycles.